The fourth-order valence-corrected chi connectivity index (χ4v) is 1.62. The van der Waals surface area contributed by atoms with Crippen LogP contribution in [0.2, 0.25) is 0 Å². The molecule has 0 atom stereocenters. The Hall–Kier alpha value is -2.62. The van der Waals surface area contributed by atoms with Crippen LogP contribution in [0.1, 0.15) is 22.8 Å². The van der Waals surface area contributed by atoms with Gasteiger partial charge in [-0.2, -0.15) is 0 Å². The Morgan fingerprint density at radius 1 is 0.895 bits per heavy atom. The van der Waals surface area contributed by atoms with Crippen LogP contribution < -0.4 is 4.74 Å². The summed E-state index contributed by atoms with van der Waals surface area (Å²) in [5, 5.41) is 9.17. The standard InChI is InChI=1S/C15H12O4/c1-10(16)19-14-8-4-12(5-9-14)15(18)11-2-6-13(17)7-3-11/h2-9,17H,1H3. The second kappa shape index (κ2) is 5.35. The van der Waals surface area contributed by atoms with Crippen LogP contribution in [0.4, 0.5) is 0 Å². The predicted molar refractivity (Wildman–Crippen MR) is 69.3 cm³/mol. The number of carbonyl (C=O) groups excluding carboxylic acids is 2. The summed E-state index contributed by atoms with van der Waals surface area (Å²) in [6, 6.07) is 12.3. The van der Waals surface area contributed by atoms with Crippen molar-refractivity contribution in [3.63, 3.8) is 0 Å². The molecule has 4 nitrogen and oxygen atoms in total. The number of hydrogen-bond acceptors (Lipinski definition) is 4. The monoisotopic (exact) mass is 256 g/mol. The van der Waals surface area contributed by atoms with E-state index in [1.807, 2.05) is 0 Å². The van der Waals surface area contributed by atoms with Crippen LogP contribution in [0.5, 0.6) is 11.5 Å². The van der Waals surface area contributed by atoms with Gasteiger partial charge in [-0.3, -0.25) is 9.59 Å². The smallest absolute Gasteiger partial charge is 0.308 e. The number of benzene rings is 2. The Bertz CT molecular complexity index is 597. The van der Waals surface area contributed by atoms with E-state index in [1.54, 1.807) is 36.4 Å². The van der Waals surface area contributed by atoms with Crippen LogP contribution in [-0.2, 0) is 4.79 Å². The molecule has 0 saturated heterocycles. The van der Waals surface area contributed by atoms with Gasteiger partial charge in [0, 0.05) is 18.1 Å². The zero-order valence-corrected chi connectivity index (χ0v) is 10.3. The van der Waals surface area contributed by atoms with Crippen molar-refractivity contribution in [3.8, 4) is 11.5 Å². The Kier molecular flexibility index (Phi) is 3.61. The molecule has 0 aromatic heterocycles. The van der Waals surface area contributed by atoms with E-state index in [9.17, 15) is 9.59 Å². The molecule has 1 N–H and O–H groups in total. The molecular weight excluding hydrogens is 244 g/mol. The summed E-state index contributed by atoms with van der Waals surface area (Å²) < 4.78 is 4.89. The highest BCUT2D eigenvalue weighted by Crippen LogP contribution is 2.17. The van der Waals surface area contributed by atoms with Crippen LogP contribution in [0.3, 0.4) is 0 Å². The molecule has 0 fully saturated rings. The summed E-state index contributed by atoms with van der Waals surface area (Å²) in [5.41, 5.74) is 0.972. The molecule has 2 aromatic rings. The zero-order valence-electron chi connectivity index (χ0n) is 10.3. The van der Waals surface area contributed by atoms with Gasteiger partial charge in [-0.05, 0) is 48.5 Å². The third-order valence-corrected chi connectivity index (χ3v) is 2.51. The second-order valence-electron chi connectivity index (χ2n) is 3.99. The normalized spacial score (nSPS) is 9.95. The van der Waals surface area contributed by atoms with Crippen LogP contribution in [0.25, 0.3) is 0 Å². The minimum absolute atomic E-state index is 0.113. The van der Waals surface area contributed by atoms with Gasteiger partial charge < -0.3 is 9.84 Å². The van der Waals surface area contributed by atoms with Crippen LogP contribution in [-0.4, -0.2) is 16.9 Å². The Labute approximate surface area is 110 Å². The number of ketones is 1. The number of ether oxygens (including phenoxy) is 1. The lowest BCUT2D eigenvalue weighted by Gasteiger charge is -2.04. The van der Waals surface area contributed by atoms with E-state index < -0.39 is 5.97 Å². The highest BCUT2D eigenvalue weighted by atomic mass is 16.5. The van der Waals surface area contributed by atoms with Gasteiger partial charge in [0.05, 0.1) is 0 Å². The summed E-state index contributed by atoms with van der Waals surface area (Å²) in [4.78, 5) is 22.9. The Morgan fingerprint density at radius 2 is 1.37 bits per heavy atom. The lowest BCUT2D eigenvalue weighted by atomic mass is 10.0. The number of phenols is 1. The predicted octanol–water partition coefficient (Wildman–Crippen LogP) is 2.55. The largest absolute Gasteiger partial charge is 0.508 e. The fourth-order valence-electron chi connectivity index (χ4n) is 1.62. The molecular formula is C15H12O4. The summed E-state index contributed by atoms with van der Waals surface area (Å²) in [7, 11) is 0. The van der Waals surface area contributed by atoms with E-state index >= 15 is 0 Å². The van der Waals surface area contributed by atoms with Gasteiger partial charge in [-0.25, -0.2) is 0 Å². The first kappa shape index (κ1) is 12.8. The van der Waals surface area contributed by atoms with Crippen molar-refractivity contribution in [1.29, 1.82) is 0 Å². The maximum Gasteiger partial charge on any atom is 0.308 e. The van der Waals surface area contributed by atoms with Gasteiger partial charge >= 0.3 is 5.97 Å². The molecule has 0 saturated carbocycles. The van der Waals surface area contributed by atoms with Gasteiger partial charge in [-0.15, -0.1) is 0 Å². The second-order valence-corrected chi connectivity index (χ2v) is 3.99. The van der Waals surface area contributed by atoms with Gasteiger partial charge in [0.25, 0.3) is 0 Å². The van der Waals surface area contributed by atoms with Crippen molar-refractivity contribution in [2.24, 2.45) is 0 Å². The Balaban J connectivity index is 2.20. The summed E-state index contributed by atoms with van der Waals surface area (Å²) in [6.45, 7) is 1.31. The third-order valence-electron chi connectivity index (χ3n) is 2.51. The van der Waals surface area contributed by atoms with Crippen molar-refractivity contribution in [2.75, 3.05) is 0 Å². The molecule has 0 amide bonds. The van der Waals surface area contributed by atoms with Crippen LogP contribution in [0, 0.1) is 0 Å². The fraction of sp³-hybridized carbons (Fsp3) is 0.0667. The topological polar surface area (TPSA) is 63.6 Å². The van der Waals surface area contributed by atoms with Crippen molar-refractivity contribution in [1.82, 2.24) is 0 Å². The van der Waals surface area contributed by atoms with E-state index in [0.717, 1.165) is 0 Å². The minimum Gasteiger partial charge on any atom is -0.508 e. The van der Waals surface area contributed by atoms with Gasteiger partial charge in [0.2, 0.25) is 0 Å². The molecule has 0 bridgehead atoms. The van der Waals surface area contributed by atoms with Crippen molar-refractivity contribution in [3.05, 3.63) is 59.7 Å². The first-order chi connectivity index (χ1) is 9.06. The number of carbonyl (C=O) groups is 2. The lowest BCUT2D eigenvalue weighted by Crippen LogP contribution is -2.03. The van der Waals surface area contributed by atoms with Crippen LogP contribution >= 0.6 is 0 Å². The summed E-state index contributed by atoms with van der Waals surface area (Å²) in [6.07, 6.45) is 0. The molecule has 0 radical (unpaired) electrons. The molecule has 0 aliphatic carbocycles. The molecule has 4 heteroatoms. The first-order valence-corrected chi connectivity index (χ1v) is 5.68. The molecule has 0 aliphatic rings. The molecule has 0 heterocycles. The number of hydrogen-bond donors (Lipinski definition) is 1. The maximum absolute atomic E-state index is 12.1. The molecule has 0 aliphatic heterocycles. The summed E-state index contributed by atoms with van der Waals surface area (Å²) in [5.74, 6) is -0.0523. The number of esters is 1. The average Bonchev–Trinajstić information content (AvgIpc) is 2.39. The SMILES string of the molecule is CC(=O)Oc1ccc(C(=O)c2ccc(O)cc2)cc1. The maximum atomic E-state index is 12.1. The van der Waals surface area contributed by atoms with E-state index in [1.165, 1.54) is 19.1 Å². The van der Waals surface area contributed by atoms with Gasteiger partial charge in [-0.1, -0.05) is 0 Å². The van der Waals surface area contributed by atoms with E-state index in [-0.39, 0.29) is 11.5 Å². The van der Waals surface area contributed by atoms with Gasteiger partial charge in [0.1, 0.15) is 11.5 Å². The average molecular weight is 256 g/mol. The highest BCUT2D eigenvalue weighted by Gasteiger charge is 2.09. The molecule has 2 rings (SSSR count). The lowest BCUT2D eigenvalue weighted by molar-refractivity contribution is -0.131. The van der Waals surface area contributed by atoms with Crippen molar-refractivity contribution in [2.45, 2.75) is 6.92 Å². The highest BCUT2D eigenvalue weighted by molar-refractivity contribution is 6.09. The van der Waals surface area contributed by atoms with E-state index in [0.29, 0.717) is 16.9 Å². The minimum atomic E-state index is -0.405. The first-order valence-electron chi connectivity index (χ1n) is 5.68. The zero-order chi connectivity index (χ0) is 13.8. The number of aromatic hydroxyl groups is 1. The van der Waals surface area contributed by atoms with E-state index in [2.05, 4.69) is 0 Å². The van der Waals surface area contributed by atoms with Crippen molar-refractivity contribution >= 4 is 11.8 Å². The molecule has 2 aromatic carbocycles. The van der Waals surface area contributed by atoms with Gasteiger partial charge in [0.15, 0.2) is 5.78 Å². The molecule has 0 spiro atoms. The third kappa shape index (κ3) is 3.19. The number of phenolic OH excluding ortho intramolecular Hbond substituents is 1. The Morgan fingerprint density at radius 3 is 1.84 bits per heavy atom. The molecule has 0 unspecified atom stereocenters. The number of rotatable bonds is 3. The van der Waals surface area contributed by atoms with E-state index in [4.69, 9.17) is 9.84 Å². The summed E-state index contributed by atoms with van der Waals surface area (Å²) >= 11 is 0. The van der Waals surface area contributed by atoms with Crippen LogP contribution in [0.15, 0.2) is 48.5 Å². The molecule has 96 valence electrons. The molecule has 19 heavy (non-hydrogen) atoms. The van der Waals surface area contributed by atoms with Crippen molar-refractivity contribution < 1.29 is 19.4 Å². The quantitative estimate of drug-likeness (QED) is 0.520.